The zero-order valence-corrected chi connectivity index (χ0v) is 14.6. The first-order valence-corrected chi connectivity index (χ1v) is 7.78. The molecule has 25 heavy (non-hydrogen) atoms. The van der Waals surface area contributed by atoms with E-state index in [4.69, 9.17) is 11.3 Å². The van der Waals surface area contributed by atoms with Crippen LogP contribution in [0.4, 0.5) is 16.2 Å². The van der Waals surface area contributed by atoms with Crippen molar-refractivity contribution in [2.75, 3.05) is 5.32 Å². The summed E-state index contributed by atoms with van der Waals surface area (Å²) in [5.74, 6) is 0. The SMILES string of the molecule is [C-]#[N+]c1cn(-c2cnn(C)c2)c2cc(NC(=O)OC(C)(C)C)ccc12. The van der Waals surface area contributed by atoms with Crippen LogP contribution in [-0.4, -0.2) is 26.0 Å². The highest BCUT2D eigenvalue weighted by atomic mass is 16.6. The Kier molecular flexibility index (Phi) is 3.97. The Balaban J connectivity index is 2.01. The van der Waals surface area contributed by atoms with Crippen molar-refractivity contribution in [2.24, 2.45) is 7.05 Å². The van der Waals surface area contributed by atoms with Crippen LogP contribution in [0.1, 0.15) is 20.8 Å². The summed E-state index contributed by atoms with van der Waals surface area (Å²) in [6.45, 7) is 12.8. The molecule has 0 fully saturated rings. The lowest BCUT2D eigenvalue weighted by molar-refractivity contribution is 0.0636. The van der Waals surface area contributed by atoms with Crippen LogP contribution < -0.4 is 5.32 Å². The smallest absolute Gasteiger partial charge is 0.412 e. The summed E-state index contributed by atoms with van der Waals surface area (Å²) in [5, 5.41) is 7.72. The number of hydrogen-bond acceptors (Lipinski definition) is 3. The van der Waals surface area contributed by atoms with Crippen molar-refractivity contribution in [2.45, 2.75) is 26.4 Å². The summed E-state index contributed by atoms with van der Waals surface area (Å²) in [7, 11) is 1.83. The van der Waals surface area contributed by atoms with Gasteiger partial charge in [0, 0.05) is 36.0 Å². The molecule has 1 amide bonds. The van der Waals surface area contributed by atoms with Crippen molar-refractivity contribution in [1.82, 2.24) is 14.3 Å². The molecule has 0 atom stereocenters. The second-order valence-electron chi connectivity index (χ2n) is 6.73. The molecule has 0 radical (unpaired) electrons. The van der Waals surface area contributed by atoms with Crippen LogP contribution in [0.15, 0.2) is 36.8 Å². The summed E-state index contributed by atoms with van der Waals surface area (Å²) >= 11 is 0. The second kappa shape index (κ2) is 5.98. The predicted octanol–water partition coefficient (Wildman–Crippen LogP) is 4.26. The fraction of sp³-hybridized carbons (Fsp3) is 0.278. The van der Waals surface area contributed by atoms with E-state index >= 15 is 0 Å². The highest BCUT2D eigenvalue weighted by molar-refractivity contribution is 5.98. The number of anilines is 1. The Morgan fingerprint density at radius 2 is 2.08 bits per heavy atom. The Bertz CT molecular complexity index is 985. The highest BCUT2D eigenvalue weighted by Gasteiger charge is 2.17. The summed E-state index contributed by atoms with van der Waals surface area (Å²) in [4.78, 5) is 15.6. The molecule has 0 aliphatic carbocycles. The second-order valence-corrected chi connectivity index (χ2v) is 6.73. The normalized spacial score (nSPS) is 11.3. The van der Waals surface area contributed by atoms with Crippen LogP contribution >= 0.6 is 0 Å². The van der Waals surface area contributed by atoms with E-state index in [1.165, 1.54) is 0 Å². The van der Waals surface area contributed by atoms with Gasteiger partial charge in [-0.3, -0.25) is 10.00 Å². The number of benzene rings is 1. The van der Waals surface area contributed by atoms with Gasteiger partial charge in [-0.1, -0.05) is 6.07 Å². The van der Waals surface area contributed by atoms with E-state index in [1.54, 1.807) is 23.1 Å². The molecule has 7 nitrogen and oxygen atoms in total. The number of aromatic nitrogens is 3. The average molecular weight is 337 g/mol. The van der Waals surface area contributed by atoms with Crippen molar-refractivity contribution in [3.63, 3.8) is 0 Å². The molecule has 0 bridgehead atoms. The lowest BCUT2D eigenvalue weighted by Crippen LogP contribution is -2.27. The highest BCUT2D eigenvalue weighted by Crippen LogP contribution is 2.32. The number of carbonyl (C=O) groups excluding carboxylic acids is 1. The molecular formula is C18H19N5O2. The predicted molar refractivity (Wildman–Crippen MR) is 96.2 cm³/mol. The molecule has 128 valence electrons. The van der Waals surface area contributed by atoms with Gasteiger partial charge in [-0.05, 0) is 32.9 Å². The molecule has 0 unspecified atom stereocenters. The van der Waals surface area contributed by atoms with Crippen molar-refractivity contribution >= 4 is 28.4 Å². The van der Waals surface area contributed by atoms with Crippen LogP contribution in [-0.2, 0) is 11.8 Å². The number of carbonyl (C=O) groups is 1. The number of fused-ring (bicyclic) bond motifs is 1. The maximum atomic E-state index is 12.0. The summed E-state index contributed by atoms with van der Waals surface area (Å²) in [6, 6.07) is 5.40. The van der Waals surface area contributed by atoms with Crippen LogP contribution in [0, 0.1) is 6.57 Å². The molecule has 2 heterocycles. The number of nitrogens with one attached hydrogen (secondary N) is 1. The Labute approximate surface area is 145 Å². The zero-order chi connectivity index (χ0) is 18.2. The van der Waals surface area contributed by atoms with Gasteiger partial charge in [0.2, 0.25) is 5.69 Å². The average Bonchev–Trinajstić information content (AvgIpc) is 3.08. The number of nitrogens with zero attached hydrogens (tertiary/aromatic N) is 4. The zero-order valence-electron chi connectivity index (χ0n) is 14.6. The van der Waals surface area contributed by atoms with Crippen molar-refractivity contribution in [3.8, 4) is 5.69 Å². The summed E-state index contributed by atoms with van der Waals surface area (Å²) in [6.07, 6.45) is 4.84. The first kappa shape index (κ1) is 16.6. The van der Waals surface area contributed by atoms with Crippen LogP contribution in [0.5, 0.6) is 0 Å². The van der Waals surface area contributed by atoms with Gasteiger partial charge in [-0.2, -0.15) is 5.10 Å². The first-order valence-electron chi connectivity index (χ1n) is 7.78. The van der Waals surface area contributed by atoms with Gasteiger partial charge in [-0.25, -0.2) is 9.64 Å². The lowest BCUT2D eigenvalue weighted by Gasteiger charge is -2.19. The topological polar surface area (TPSA) is 65.4 Å². The van der Waals surface area contributed by atoms with E-state index in [0.717, 1.165) is 16.6 Å². The minimum Gasteiger partial charge on any atom is -0.444 e. The standard InChI is InChI=1S/C18H19N5O2/c1-18(2,3)25-17(24)21-12-6-7-14-15(19-4)11-23(16(14)8-12)13-9-20-22(5)10-13/h6-11H,1-3,5H3,(H,21,24). The van der Waals surface area contributed by atoms with Gasteiger partial charge in [0.25, 0.3) is 0 Å². The number of rotatable bonds is 2. The molecule has 0 saturated heterocycles. The van der Waals surface area contributed by atoms with Crippen LogP contribution in [0.3, 0.4) is 0 Å². The van der Waals surface area contributed by atoms with Gasteiger partial charge in [-0.15, -0.1) is 0 Å². The first-order chi connectivity index (χ1) is 11.8. The van der Waals surface area contributed by atoms with E-state index in [-0.39, 0.29) is 0 Å². The van der Waals surface area contributed by atoms with Gasteiger partial charge >= 0.3 is 6.09 Å². The molecule has 1 N–H and O–H groups in total. The van der Waals surface area contributed by atoms with Gasteiger partial charge in [0.1, 0.15) is 5.60 Å². The van der Waals surface area contributed by atoms with Crippen molar-refractivity contribution < 1.29 is 9.53 Å². The van der Waals surface area contributed by atoms with Gasteiger partial charge in [0.15, 0.2) is 0 Å². The third kappa shape index (κ3) is 3.48. The molecule has 0 saturated carbocycles. The van der Waals surface area contributed by atoms with E-state index < -0.39 is 11.7 Å². The van der Waals surface area contributed by atoms with Crippen LogP contribution in [0.2, 0.25) is 0 Å². The monoisotopic (exact) mass is 337 g/mol. The molecule has 2 aromatic heterocycles. The Hall–Kier alpha value is -3.27. The molecule has 0 aliphatic heterocycles. The molecular weight excluding hydrogens is 318 g/mol. The Morgan fingerprint density at radius 3 is 2.68 bits per heavy atom. The molecule has 0 spiro atoms. The molecule has 7 heteroatoms. The number of hydrogen-bond donors (Lipinski definition) is 1. The number of aryl methyl sites for hydroxylation is 1. The molecule has 3 rings (SSSR count). The molecule has 1 aromatic carbocycles. The fourth-order valence-corrected chi connectivity index (χ4v) is 2.54. The van der Waals surface area contributed by atoms with E-state index in [9.17, 15) is 4.79 Å². The molecule has 3 aromatic rings. The lowest BCUT2D eigenvalue weighted by atomic mass is 10.2. The van der Waals surface area contributed by atoms with Crippen molar-refractivity contribution in [3.05, 3.63) is 48.2 Å². The minimum atomic E-state index is -0.568. The van der Waals surface area contributed by atoms with E-state index in [2.05, 4.69) is 15.3 Å². The fourth-order valence-electron chi connectivity index (χ4n) is 2.54. The quantitative estimate of drug-likeness (QED) is 0.711. The third-order valence-corrected chi connectivity index (χ3v) is 3.52. The number of ether oxygens (including phenoxy) is 1. The van der Waals surface area contributed by atoms with Crippen LogP contribution in [0.25, 0.3) is 21.4 Å². The van der Waals surface area contributed by atoms with Crippen molar-refractivity contribution in [1.29, 1.82) is 0 Å². The van der Waals surface area contributed by atoms with E-state index in [1.807, 2.05) is 50.7 Å². The summed E-state index contributed by atoms with van der Waals surface area (Å²) in [5.41, 5.74) is 2.23. The third-order valence-electron chi connectivity index (χ3n) is 3.52. The van der Waals surface area contributed by atoms with Gasteiger partial charge < -0.3 is 9.30 Å². The van der Waals surface area contributed by atoms with Gasteiger partial charge in [0.05, 0.1) is 18.5 Å². The number of amides is 1. The summed E-state index contributed by atoms with van der Waals surface area (Å²) < 4.78 is 8.86. The molecule has 0 aliphatic rings. The Morgan fingerprint density at radius 1 is 1.32 bits per heavy atom. The maximum Gasteiger partial charge on any atom is 0.412 e. The largest absolute Gasteiger partial charge is 0.444 e. The maximum absolute atomic E-state index is 12.0. The minimum absolute atomic E-state index is 0.517. The van der Waals surface area contributed by atoms with E-state index in [0.29, 0.717) is 11.4 Å².